The van der Waals surface area contributed by atoms with E-state index < -0.39 is 0 Å². The Morgan fingerprint density at radius 3 is 2.94 bits per heavy atom. The van der Waals surface area contributed by atoms with Crippen molar-refractivity contribution in [2.45, 2.75) is 51.4 Å². The quantitative estimate of drug-likeness (QED) is 0.545. The Hall–Kier alpha value is -0.830. The summed E-state index contributed by atoms with van der Waals surface area (Å²) in [5.74, 6) is 0.630. The first-order chi connectivity index (χ1) is 7.61. The van der Waals surface area contributed by atoms with E-state index in [1.807, 2.05) is 6.08 Å². The molecule has 2 heterocycles. The van der Waals surface area contributed by atoms with Crippen LogP contribution in [0.3, 0.4) is 0 Å². The van der Waals surface area contributed by atoms with Gasteiger partial charge in [0.15, 0.2) is 0 Å². The molecule has 0 bridgehead atoms. The van der Waals surface area contributed by atoms with E-state index in [1.165, 1.54) is 0 Å². The zero-order chi connectivity index (χ0) is 11.7. The number of hydrogen-bond acceptors (Lipinski definition) is 3. The average molecular weight is 224 g/mol. The minimum Gasteiger partial charge on any atom is -0.462 e. The summed E-state index contributed by atoms with van der Waals surface area (Å²) in [4.78, 5) is 11.3. The molecular formula is C13H20O3. The molecule has 4 atom stereocenters. The third kappa shape index (κ3) is 2.14. The summed E-state index contributed by atoms with van der Waals surface area (Å²) in [5, 5.41) is 0. The molecule has 0 saturated carbocycles. The molecule has 0 aromatic carbocycles. The first kappa shape index (κ1) is 11.6. The zero-order valence-electron chi connectivity index (χ0n) is 10.0. The highest BCUT2D eigenvalue weighted by molar-refractivity contribution is 5.72. The van der Waals surface area contributed by atoms with E-state index in [0.717, 1.165) is 12.8 Å². The fourth-order valence-corrected chi connectivity index (χ4v) is 2.66. The van der Waals surface area contributed by atoms with Crippen molar-refractivity contribution in [3.05, 3.63) is 12.7 Å². The molecule has 0 aromatic heterocycles. The summed E-state index contributed by atoms with van der Waals surface area (Å²) >= 11 is 0. The molecule has 0 aromatic rings. The van der Waals surface area contributed by atoms with Crippen molar-refractivity contribution in [2.75, 3.05) is 0 Å². The van der Waals surface area contributed by atoms with Crippen LogP contribution in [0.1, 0.15) is 33.1 Å². The summed E-state index contributed by atoms with van der Waals surface area (Å²) < 4.78 is 11.4. The number of esters is 1. The molecule has 2 rings (SSSR count). The van der Waals surface area contributed by atoms with Gasteiger partial charge in [-0.2, -0.15) is 0 Å². The second kappa shape index (κ2) is 4.58. The normalized spacial score (nSPS) is 38.3. The topological polar surface area (TPSA) is 35.5 Å². The Morgan fingerprint density at radius 1 is 1.56 bits per heavy atom. The third-order valence-electron chi connectivity index (χ3n) is 3.60. The van der Waals surface area contributed by atoms with Crippen LogP contribution >= 0.6 is 0 Å². The predicted octanol–water partition coefficient (Wildman–Crippen LogP) is 2.31. The molecule has 0 spiro atoms. The molecule has 90 valence electrons. The van der Waals surface area contributed by atoms with Crippen molar-refractivity contribution in [2.24, 2.45) is 11.8 Å². The Bertz CT molecular complexity index is 285. The van der Waals surface area contributed by atoms with E-state index in [0.29, 0.717) is 12.3 Å². The highest BCUT2D eigenvalue weighted by atomic mass is 16.6. The van der Waals surface area contributed by atoms with Gasteiger partial charge in [0.2, 0.25) is 0 Å². The molecule has 16 heavy (non-hydrogen) atoms. The van der Waals surface area contributed by atoms with Crippen molar-refractivity contribution in [1.29, 1.82) is 0 Å². The van der Waals surface area contributed by atoms with Gasteiger partial charge in [-0.15, -0.1) is 6.58 Å². The van der Waals surface area contributed by atoms with E-state index in [-0.39, 0.29) is 30.2 Å². The lowest BCUT2D eigenvalue weighted by Gasteiger charge is -2.38. The minimum atomic E-state index is -0.0722. The highest BCUT2D eigenvalue weighted by Crippen LogP contribution is 2.38. The van der Waals surface area contributed by atoms with E-state index >= 15 is 0 Å². The van der Waals surface area contributed by atoms with Crippen LogP contribution in [-0.2, 0) is 14.3 Å². The van der Waals surface area contributed by atoms with Crippen LogP contribution in [0.4, 0.5) is 0 Å². The number of carbonyl (C=O) groups is 1. The lowest BCUT2D eigenvalue weighted by molar-refractivity contribution is -0.152. The van der Waals surface area contributed by atoms with Crippen molar-refractivity contribution < 1.29 is 14.3 Å². The summed E-state index contributed by atoms with van der Waals surface area (Å²) in [6, 6.07) is 0. The molecule has 0 radical (unpaired) electrons. The van der Waals surface area contributed by atoms with Crippen LogP contribution in [0.15, 0.2) is 12.7 Å². The zero-order valence-corrected chi connectivity index (χ0v) is 10.0. The van der Waals surface area contributed by atoms with Gasteiger partial charge in [0.1, 0.15) is 6.10 Å². The smallest absolute Gasteiger partial charge is 0.306 e. The highest BCUT2D eigenvalue weighted by Gasteiger charge is 2.46. The van der Waals surface area contributed by atoms with Crippen LogP contribution in [0.25, 0.3) is 0 Å². The third-order valence-corrected chi connectivity index (χ3v) is 3.60. The second-order valence-corrected chi connectivity index (χ2v) is 5.11. The van der Waals surface area contributed by atoms with E-state index in [4.69, 9.17) is 9.47 Å². The van der Waals surface area contributed by atoms with Gasteiger partial charge in [0.25, 0.3) is 0 Å². The molecule has 0 N–H and O–H groups in total. The standard InChI is InChI=1S/C13H20O3/c1-4-5-10-9-6-13(14)16-12(9)7-11(15-10)8(2)3/h4,8-12H,1,5-7H2,2-3H3/t9-,10-,11+,12+/m1/s1. The van der Waals surface area contributed by atoms with Crippen LogP contribution in [0.5, 0.6) is 0 Å². The van der Waals surface area contributed by atoms with Gasteiger partial charge < -0.3 is 9.47 Å². The van der Waals surface area contributed by atoms with Crippen molar-refractivity contribution >= 4 is 5.97 Å². The largest absolute Gasteiger partial charge is 0.462 e. The Labute approximate surface area is 96.8 Å². The summed E-state index contributed by atoms with van der Waals surface area (Å²) in [6.07, 6.45) is 4.41. The maximum atomic E-state index is 11.3. The van der Waals surface area contributed by atoms with Crippen molar-refractivity contribution in [3.63, 3.8) is 0 Å². The van der Waals surface area contributed by atoms with Gasteiger partial charge in [0, 0.05) is 12.3 Å². The summed E-state index contributed by atoms with van der Waals surface area (Å²) in [7, 11) is 0. The Balaban J connectivity index is 2.10. The number of ether oxygens (including phenoxy) is 2. The van der Waals surface area contributed by atoms with Crippen LogP contribution in [0.2, 0.25) is 0 Å². The van der Waals surface area contributed by atoms with Gasteiger partial charge in [0.05, 0.1) is 18.6 Å². The predicted molar refractivity (Wildman–Crippen MR) is 60.9 cm³/mol. The molecule has 2 aliphatic rings. The maximum Gasteiger partial charge on any atom is 0.306 e. The number of hydrogen-bond donors (Lipinski definition) is 0. The number of fused-ring (bicyclic) bond motifs is 1. The van der Waals surface area contributed by atoms with Gasteiger partial charge in [-0.05, 0) is 12.3 Å². The monoisotopic (exact) mass is 224 g/mol. The lowest BCUT2D eigenvalue weighted by Crippen LogP contribution is -2.43. The van der Waals surface area contributed by atoms with Gasteiger partial charge in [-0.25, -0.2) is 0 Å². The van der Waals surface area contributed by atoms with Crippen LogP contribution in [0, 0.1) is 11.8 Å². The molecule has 2 saturated heterocycles. The molecule has 2 aliphatic heterocycles. The average Bonchev–Trinajstić information content (AvgIpc) is 2.58. The van der Waals surface area contributed by atoms with Gasteiger partial charge in [-0.1, -0.05) is 19.9 Å². The Morgan fingerprint density at radius 2 is 2.31 bits per heavy atom. The number of rotatable bonds is 3. The number of carbonyl (C=O) groups excluding carboxylic acids is 1. The Kier molecular flexibility index (Phi) is 3.33. The van der Waals surface area contributed by atoms with E-state index in [1.54, 1.807) is 0 Å². The molecule has 2 fully saturated rings. The molecule has 3 heteroatoms. The van der Waals surface area contributed by atoms with Crippen molar-refractivity contribution in [1.82, 2.24) is 0 Å². The fraction of sp³-hybridized carbons (Fsp3) is 0.769. The van der Waals surface area contributed by atoms with Crippen LogP contribution in [-0.4, -0.2) is 24.3 Å². The molecule has 0 unspecified atom stereocenters. The maximum absolute atomic E-state index is 11.3. The SMILES string of the molecule is C=CC[C@H]1O[C@H](C(C)C)C[C@@H]2OC(=O)C[C@@H]21. The van der Waals surface area contributed by atoms with Gasteiger partial charge >= 0.3 is 5.97 Å². The summed E-state index contributed by atoms with van der Waals surface area (Å²) in [6.45, 7) is 8.04. The summed E-state index contributed by atoms with van der Waals surface area (Å²) in [5.41, 5.74) is 0. The van der Waals surface area contributed by atoms with Crippen molar-refractivity contribution in [3.8, 4) is 0 Å². The molecule has 0 aliphatic carbocycles. The molecular weight excluding hydrogens is 204 g/mol. The van der Waals surface area contributed by atoms with Crippen LogP contribution < -0.4 is 0 Å². The van der Waals surface area contributed by atoms with Gasteiger partial charge in [-0.3, -0.25) is 4.79 Å². The van der Waals surface area contributed by atoms with E-state index in [2.05, 4.69) is 20.4 Å². The first-order valence-corrected chi connectivity index (χ1v) is 6.07. The minimum absolute atomic E-state index is 0.0681. The lowest BCUT2D eigenvalue weighted by atomic mass is 9.84. The first-order valence-electron chi connectivity index (χ1n) is 6.07. The molecule has 0 amide bonds. The van der Waals surface area contributed by atoms with E-state index in [9.17, 15) is 4.79 Å². The molecule has 3 nitrogen and oxygen atoms in total. The fourth-order valence-electron chi connectivity index (χ4n) is 2.66. The second-order valence-electron chi connectivity index (χ2n) is 5.11.